The maximum absolute atomic E-state index is 13.0. The van der Waals surface area contributed by atoms with Crippen molar-refractivity contribution in [3.05, 3.63) is 106 Å². The lowest BCUT2D eigenvalue weighted by atomic mass is 9.95. The Kier molecular flexibility index (Phi) is 5.09. The highest BCUT2D eigenvalue weighted by Crippen LogP contribution is 2.42. The second-order valence-electron chi connectivity index (χ2n) is 6.75. The van der Waals surface area contributed by atoms with Gasteiger partial charge in [-0.05, 0) is 54.1 Å². The molecule has 0 radical (unpaired) electrons. The molecular formula is C24H15ClN2O3. The van der Waals surface area contributed by atoms with E-state index in [2.05, 4.69) is 0 Å². The Labute approximate surface area is 178 Å². The highest BCUT2D eigenvalue weighted by molar-refractivity contribution is 6.51. The summed E-state index contributed by atoms with van der Waals surface area (Å²) in [5, 5.41) is 20.5. The molecule has 5 nitrogen and oxygen atoms in total. The van der Waals surface area contributed by atoms with E-state index in [4.69, 9.17) is 16.9 Å². The second kappa shape index (κ2) is 7.86. The molecule has 0 bridgehead atoms. The van der Waals surface area contributed by atoms with Crippen LogP contribution in [0, 0.1) is 11.3 Å². The van der Waals surface area contributed by atoms with Crippen LogP contribution in [0.2, 0.25) is 5.02 Å². The maximum atomic E-state index is 13.0. The van der Waals surface area contributed by atoms with Gasteiger partial charge in [0, 0.05) is 16.3 Å². The number of nitriles is 1. The molecule has 1 aliphatic rings. The predicted molar refractivity (Wildman–Crippen MR) is 114 cm³/mol. The number of aliphatic hydroxyl groups excluding tert-OH is 1. The smallest absolute Gasteiger partial charge is 0.300 e. The Bertz CT molecular complexity index is 1190. The lowest BCUT2D eigenvalue weighted by molar-refractivity contribution is -0.132. The fourth-order valence-electron chi connectivity index (χ4n) is 3.51. The number of hydrogen-bond donors (Lipinski definition) is 1. The molecular weight excluding hydrogens is 400 g/mol. The molecule has 1 aliphatic heterocycles. The van der Waals surface area contributed by atoms with Crippen molar-refractivity contribution in [1.29, 1.82) is 5.26 Å². The van der Waals surface area contributed by atoms with Crippen LogP contribution in [0.3, 0.4) is 0 Å². The number of carbonyl (C=O) groups is 2. The summed E-state index contributed by atoms with van der Waals surface area (Å²) in [5.41, 5.74) is 1.96. The van der Waals surface area contributed by atoms with E-state index in [9.17, 15) is 14.7 Å². The number of halogens is 1. The van der Waals surface area contributed by atoms with E-state index in [1.54, 1.807) is 72.8 Å². The summed E-state index contributed by atoms with van der Waals surface area (Å²) in [6.07, 6.45) is 0. The van der Waals surface area contributed by atoms with E-state index in [-0.39, 0.29) is 11.3 Å². The molecule has 0 saturated carbocycles. The third-order valence-electron chi connectivity index (χ3n) is 4.95. The zero-order valence-electron chi connectivity index (χ0n) is 15.6. The van der Waals surface area contributed by atoms with Crippen LogP contribution in [0.15, 0.2) is 84.4 Å². The van der Waals surface area contributed by atoms with Crippen LogP contribution >= 0.6 is 11.6 Å². The van der Waals surface area contributed by atoms with Gasteiger partial charge in [-0.3, -0.25) is 14.5 Å². The Hall–Kier alpha value is -3.88. The van der Waals surface area contributed by atoms with E-state index in [1.165, 1.54) is 4.90 Å². The van der Waals surface area contributed by atoms with Gasteiger partial charge in [0.15, 0.2) is 0 Å². The average Bonchev–Trinajstić information content (AvgIpc) is 3.05. The molecule has 1 saturated heterocycles. The standard InChI is InChI=1S/C24H15ClN2O3/c25-18-10-8-17(9-11-18)22(28)20-21(16-4-2-1-3-5-16)27(24(30)23(20)29)19-12-6-15(14-26)7-13-19/h1-13,21,28H/b22-20+. The Morgan fingerprint density at radius 1 is 0.933 bits per heavy atom. The molecule has 1 fully saturated rings. The summed E-state index contributed by atoms with van der Waals surface area (Å²) in [7, 11) is 0. The van der Waals surface area contributed by atoms with Gasteiger partial charge in [0.25, 0.3) is 11.7 Å². The van der Waals surface area contributed by atoms with Gasteiger partial charge in [0.2, 0.25) is 0 Å². The van der Waals surface area contributed by atoms with Gasteiger partial charge in [-0.2, -0.15) is 5.26 Å². The molecule has 146 valence electrons. The highest BCUT2D eigenvalue weighted by atomic mass is 35.5. The minimum absolute atomic E-state index is 0.00196. The first-order chi connectivity index (χ1) is 14.5. The molecule has 0 aromatic heterocycles. The minimum Gasteiger partial charge on any atom is -0.507 e. The van der Waals surface area contributed by atoms with Crippen molar-refractivity contribution in [2.45, 2.75) is 6.04 Å². The number of hydrogen-bond acceptors (Lipinski definition) is 4. The van der Waals surface area contributed by atoms with Gasteiger partial charge in [-0.1, -0.05) is 41.9 Å². The summed E-state index contributed by atoms with van der Waals surface area (Å²) >= 11 is 5.93. The molecule has 0 aliphatic carbocycles. The van der Waals surface area contributed by atoms with Gasteiger partial charge in [-0.15, -0.1) is 0 Å². The summed E-state index contributed by atoms with van der Waals surface area (Å²) in [6, 6.07) is 23.0. The van der Waals surface area contributed by atoms with Gasteiger partial charge in [0.1, 0.15) is 5.76 Å². The van der Waals surface area contributed by atoms with Crippen LogP contribution in [0.4, 0.5) is 5.69 Å². The van der Waals surface area contributed by atoms with Crippen molar-refractivity contribution in [1.82, 2.24) is 0 Å². The normalized spacial score (nSPS) is 17.7. The molecule has 1 N–H and O–H groups in total. The van der Waals surface area contributed by atoms with Crippen LogP contribution in [-0.2, 0) is 9.59 Å². The molecule has 1 amide bonds. The first-order valence-electron chi connectivity index (χ1n) is 9.13. The Balaban J connectivity index is 1.92. The Morgan fingerprint density at radius 3 is 2.17 bits per heavy atom. The Morgan fingerprint density at radius 2 is 1.57 bits per heavy atom. The van der Waals surface area contributed by atoms with E-state index in [0.29, 0.717) is 27.4 Å². The van der Waals surface area contributed by atoms with Gasteiger partial charge < -0.3 is 5.11 Å². The molecule has 4 rings (SSSR count). The monoisotopic (exact) mass is 414 g/mol. The SMILES string of the molecule is N#Cc1ccc(N2C(=O)C(=O)/C(=C(/O)c3ccc(Cl)cc3)C2c2ccccc2)cc1. The third kappa shape index (κ3) is 3.34. The summed E-state index contributed by atoms with van der Waals surface area (Å²) < 4.78 is 0. The van der Waals surface area contributed by atoms with Gasteiger partial charge in [-0.25, -0.2) is 0 Å². The van der Waals surface area contributed by atoms with Crippen molar-refractivity contribution < 1.29 is 14.7 Å². The average molecular weight is 415 g/mol. The fourth-order valence-corrected chi connectivity index (χ4v) is 3.64. The summed E-state index contributed by atoms with van der Waals surface area (Å²) in [6.45, 7) is 0. The number of amides is 1. The quantitative estimate of drug-likeness (QED) is 0.378. The van der Waals surface area contributed by atoms with Gasteiger partial charge in [0.05, 0.1) is 23.2 Å². The molecule has 3 aromatic carbocycles. The molecule has 1 atom stereocenters. The fraction of sp³-hybridized carbons (Fsp3) is 0.0417. The number of aliphatic hydroxyl groups is 1. The van der Waals surface area contributed by atoms with Gasteiger partial charge >= 0.3 is 0 Å². The second-order valence-corrected chi connectivity index (χ2v) is 7.18. The van der Waals surface area contributed by atoms with E-state index in [1.807, 2.05) is 12.1 Å². The van der Waals surface area contributed by atoms with Crippen molar-refractivity contribution in [2.24, 2.45) is 0 Å². The minimum atomic E-state index is -0.810. The lowest BCUT2D eigenvalue weighted by Crippen LogP contribution is -2.29. The van der Waals surface area contributed by atoms with Crippen LogP contribution in [0.5, 0.6) is 0 Å². The number of benzene rings is 3. The van der Waals surface area contributed by atoms with E-state index in [0.717, 1.165) is 0 Å². The van der Waals surface area contributed by atoms with Crippen molar-refractivity contribution in [3.63, 3.8) is 0 Å². The maximum Gasteiger partial charge on any atom is 0.300 e. The lowest BCUT2D eigenvalue weighted by Gasteiger charge is -2.25. The molecule has 1 heterocycles. The number of ketones is 1. The largest absolute Gasteiger partial charge is 0.507 e. The molecule has 3 aromatic rings. The highest BCUT2D eigenvalue weighted by Gasteiger charge is 2.46. The number of carbonyl (C=O) groups excluding carboxylic acids is 2. The zero-order chi connectivity index (χ0) is 21.3. The summed E-state index contributed by atoms with van der Waals surface area (Å²) in [4.78, 5) is 27.3. The molecule has 6 heteroatoms. The van der Waals surface area contributed by atoms with Crippen molar-refractivity contribution in [3.8, 4) is 6.07 Å². The number of rotatable bonds is 3. The van der Waals surface area contributed by atoms with E-state index < -0.39 is 17.7 Å². The first-order valence-corrected chi connectivity index (χ1v) is 9.51. The van der Waals surface area contributed by atoms with Crippen molar-refractivity contribution >= 4 is 34.7 Å². The topological polar surface area (TPSA) is 81.4 Å². The number of Topliss-reactive ketones (excluding diaryl/α,β-unsaturated/α-hetero) is 1. The van der Waals surface area contributed by atoms with Crippen LogP contribution in [0.1, 0.15) is 22.7 Å². The third-order valence-corrected chi connectivity index (χ3v) is 5.20. The molecule has 0 spiro atoms. The zero-order valence-corrected chi connectivity index (χ0v) is 16.4. The van der Waals surface area contributed by atoms with Crippen LogP contribution in [-0.4, -0.2) is 16.8 Å². The van der Waals surface area contributed by atoms with Crippen LogP contribution < -0.4 is 4.90 Å². The molecule has 1 unspecified atom stereocenters. The molecule has 30 heavy (non-hydrogen) atoms. The number of anilines is 1. The first kappa shape index (κ1) is 19.4. The van der Waals surface area contributed by atoms with E-state index >= 15 is 0 Å². The number of nitrogens with zero attached hydrogens (tertiary/aromatic N) is 2. The van der Waals surface area contributed by atoms with Crippen molar-refractivity contribution in [2.75, 3.05) is 4.90 Å². The summed E-state index contributed by atoms with van der Waals surface area (Å²) in [5.74, 6) is -1.79. The van der Waals surface area contributed by atoms with Crippen LogP contribution in [0.25, 0.3) is 5.76 Å². The predicted octanol–water partition coefficient (Wildman–Crippen LogP) is 4.84.